The summed E-state index contributed by atoms with van der Waals surface area (Å²) < 4.78 is 2.24. The highest BCUT2D eigenvalue weighted by Crippen LogP contribution is 2.41. The van der Waals surface area contributed by atoms with Crippen LogP contribution in [0.2, 0.25) is 0 Å². The van der Waals surface area contributed by atoms with Gasteiger partial charge in [0.15, 0.2) is 0 Å². The Morgan fingerprint density at radius 1 is 1.25 bits per heavy atom. The highest BCUT2D eigenvalue weighted by molar-refractivity contribution is 5.25. The van der Waals surface area contributed by atoms with E-state index in [1.807, 2.05) is 0 Å². The summed E-state index contributed by atoms with van der Waals surface area (Å²) in [6.07, 6.45) is 11.3. The van der Waals surface area contributed by atoms with E-state index in [9.17, 15) is 0 Å². The summed E-state index contributed by atoms with van der Waals surface area (Å²) in [6.45, 7) is 0.746. The molecule has 0 amide bonds. The average molecular weight is 219 g/mol. The summed E-state index contributed by atoms with van der Waals surface area (Å²) in [5, 5.41) is 4.83. The second-order valence-electron chi connectivity index (χ2n) is 5.27. The second-order valence-corrected chi connectivity index (χ2v) is 5.27. The van der Waals surface area contributed by atoms with Gasteiger partial charge in [-0.1, -0.05) is 12.8 Å². The van der Waals surface area contributed by atoms with E-state index in [0.29, 0.717) is 6.04 Å². The maximum atomic E-state index is 5.68. The van der Waals surface area contributed by atoms with Crippen molar-refractivity contribution in [3.63, 3.8) is 0 Å². The van der Waals surface area contributed by atoms with Gasteiger partial charge in [-0.2, -0.15) is 5.10 Å². The SMILES string of the molecule is NCCc1cn(C2CCCC2)nc1C1CC1. The zero-order valence-corrected chi connectivity index (χ0v) is 9.86. The number of aromatic nitrogens is 2. The summed E-state index contributed by atoms with van der Waals surface area (Å²) >= 11 is 0. The molecule has 16 heavy (non-hydrogen) atoms. The largest absolute Gasteiger partial charge is 0.330 e. The molecule has 2 aliphatic carbocycles. The minimum absolute atomic E-state index is 0.670. The Bertz CT molecular complexity index is 359. The van der Waals surface area contributed by atoms with Gasteiger partial charge in [0.1, 0.15) is 0 Å². The molecule has 2 N–H and O–H groups in total. The lowest BCUT2D eigenvalue weighted by molar-refractivity contribution is 0.463. The molecule has 3 heteroatoms. The third kappa shape index (κ3) is 1.88. The number of hydrogen-bond donors (Lipinski definition) is 1. The predicted molar refractivity (Wildman–Crippen MR) is 64.5 cm³/mol. The minimum Gasteiger partial charge on any atom is -0.330 e. The van der Waals surface area contributed by atoms with Crippen LogP contribution in [0.15, 0.2) is 6.20 Å². The van der Waals surface area contributed by atoms with Gasteiger partial charge in [-0.05, 0) is 44.2 Å². The van der Waals surface area contributed by atoms with E-state index >= 15 is 0 Å². The normalized spacial score (nSPS) is 21.8. The van der Waals surface area contributed by atoms with Crippen LogP contribution in [0.5, 0.6) is 0 Å². The maximum absolute atomic E-state index is 5.68. The summed E-state index contributed by atoms with van der Waals surface area (Å²) in [4.78, 5) is 0. The molecule has 0 atom stereocenters. The molecule has 0 saturated heterocycles. The first-order valence-electron chi connectivity index (χ1n) is 6.66. The monoisotopic (exact) mass is 219 g/mol. The number of rotatable bonds is 4. The van der Waals surface area contributed by atoms with Crippen LogP contribution in [-0.4, -0.2) is 16.3 Å². The van der Waals surface area contributed by atoms with Gasteiger partial charge in [-0.15, -0.1) is 0 Å². The van der Waals surface area contributed by atoms with Crippen molar-refractivity contribution in [2.75, 3.05) is 6.54 Å². The van der Waals surface area contributed by atoms with Gasteiger partial charge in [-0.3, -0.25) is 4.68 Å². The molecule has 1 aromatic rings. The van der Waals surface area contributed by atoms with E-state index in [-0.39, 0.29) is 0 Å². The summed E-state index contributed by atoms with van der Waals surface area (Å²) in [5.41, 5.74) is 8.45. The highest BCUT2D eigenvalue weighted by atomic mass is 15.3. The minimum atomic E-state index is 0.670. The first-order valence-corrected chi connectivity index (χ1v) is 6.66. The van der Waals surface area contributed by atoms with Crippen LogP contribution in [0.1, 0.15) is 61.7 Å². The van der Waals surface area contributed by atoms with E-state index in [4.69, 9.17) is 10.8 Å². The molecule has 0 spiro atoms. The predicted octanol–water partition coefficient (Wildman–Crippen LogP) is 2.38. The number of nitrogens with zero attached hydrogens (tertiary/aromatic N) is 2. The lowest BCUT2D eigenvalue weighted by Gasteiger charge is -2.08. The molecule has 3 rings (SSSR count). The Morgan fingerprint density at radius 3 is 2.62 bits per heavy atom. The quantitative estimate of drug-likeness (QED) is 0.845. The Morgan fingerprint density at radius 2 is 2.00 bits per heavy atom. The van der Waals surface area contributed by atoms with E-state index in [1.54, 1.807) is 0 Å². The van der Waals surface area contributed by atoms with Crippen molar-refractivity contribution in [3.05, 3.63) is 17.5 Å². The van der Waals surface area contributed by atoms with Crippen LogP contribution in [0, 0.1) is 0 Å². The van der Waals surface area contributed by atoms with Gasteiger partial charge in [0.25, 0.3) is 0 Å². The zero-order chi connectivity index (χ0) is 11.0. The van der Waals surface area contributed by atoms with Crippen LogP contribution in [-0.2, 0) is 6.42 Å². The van der Waals surface area contributed by atoms with E-state index in [1.165, 1.54) is 49.8 Å². The lowest BCUT2D eigenvalue weighted by atomic mass is 10.1. The van der Waals surface area contributed by atoms with Gasteiger partial charge < -0.3 is 5.73 Å². The molecule has 1 aromatic heterocycles. The maximum Gasteiger partial charge on any atom is 0.0688 e. The van der Waals surface area contributed by atoms with Crippen LogP contribution >= 0.6 is 0 Å². The van der Waals surface area contributed by atoms with Crippen molar-refractivity contribution in [3.8, 4) is 0 Å². The first kappa shape index (κ1) is 10.3. The molecule has 0 radical (unpaired) electrons. The van der Waals surface area contributed by atoms with E-state index in [2.05, 4.69) is 10.9 Å². The summed E-state index contributed by atoms with van der Waals surface area (Å²) in [6, 6.07) is 0.670. The number of hydrogen-bond acceptors (Lipinski definition) is 2. The smallest absolute Gasteiger partial charge is 0.0688 e. The van der Waals surface area contributed by atoms with Crippen LogP contribution in [0.4, 0.5) is 0 Å². The van der Waals surface area contributed by atoms with Crippen molar-refractivity contribution in [2.45, 2.75) is 56.9 Å². The molecule has 3 nitrogen and oxygen atoms in total. The molecule has 2 fully saturated rings. The van der Waals surface area contributed by atoms with Gasteiger partial charge in [0.2, 0.25) is 0 Å². The van der Waals surface area contributed by atoms with Crippen molar-refractivity contribution in [1.82, 2.24) is 9.78 Å². The second kappa shape index (κ2) is 4.21. The van der Waals surface area contributed by atoms with E-state index < -0.39 is 0 Å². The van der Waals surface area contributed by atoms with Crippen LogP contribution in [0.25, 0.3) is 0 Å². The van der Waals surface area contributed by atoms with Crippen molar-refractivity contribution >= 4 is 0 Å². The number of nitrogens with two attached hydrogens (primary N) is 1. The topological polar surface area (TPSA) is 43.8 Å². The highest BCUT2D eigenvalue weighted by Gasteiger charge is 2.30. The Labute approximate surface area is 97.0 Å². The molecule has 88 valence electrons. The van der Waals surface area contributed by atoms with Gasteiger partial charge >= 0.3 is 0 Å². The molecule has 2 aliphatic rings. The Kier molecular flexibility index (Phi) is 2.72. The van der Waals surface area contributed by atoms with Crippen LogP contribution in [0.3, 0.4) is 0 Å². The fourth-order valence-electron chi connectivity index (χ4n) is 2.85. The molecular weight excluding hydrogens is 198 g/mol. The third-order valence-electron chi connectivity index (χ3n) is 3.92. The van der Waals surface area contributed by atoms with Crippen LogP contribution < -0.4 is 5.73 Å². The Hall–Kier alpha value is -0.830. The average Bonchev–Trinajstić information content (AvgIpc) is 2.82. The van der Waals surface area contributed by atoms with E-state index in [0.717, 1.165) is 18.9 Å². The van der Waals surface area contributed by atoms with Gasteiger partial charge in [0, 0.05) is 12.1 Å². The molecule has 0 aromatic carbocycles. The molecule has 1 heterocycles. The molecule has 0 bridgehead atoms. The first-order chi connectivity index (χ1) is 7.88. The van der Waals surface area contributed by atoms with Gasteiger partial charge in [-0.25, -0.2) is 0 Å². The van der Waals surface area contributed by atoms with Crippen molar-refractivity contribution in [1.29, 1.82) is 0 Å². The molecule has 0 unspecified atom stereocenters. The molecular formula is C13H21N3. The fourth-order valence-corrected chi connectivity index (χ4v) is 2.85. The van der Waals surface area contributed by atoms with Crippen molar-refractivity contribution < 1.29 is 0 Å². The standard InChI is InChI=1S/C13H21N3/c14-8-7-11-9-16(12-3-1-2-4-12)15-13(11)10-5-6-10/h9-10,12H,1-8,14H2. The Balaban J connectivity index is 1.85. The lowest BCUT2D eigenvalue weighted by Crippen LogP contribution is -2.05. The van der Waals surface area contributed by atoms with Crippen molar-refractivity contribution in [2.24, 2.45) is 5.73 Å². The fraction of sp³-hybridized carbons (Fsp3) is 0.769. The molecule has 0 aliphatic heterocycles. The zero-order valence-electron chi connectivity index (χ0n) is 9.86. The third-order valence-corrected chi connectivity index (χ3v) is 3.92. The molecule has 2 saturated carbocycles. The summed E-state index contributed by atoms with van der Waals surface area (Å²) in [7, 11) is 0. The summed E-state index contributed by atoms with van der Waals surface area (Å²) in [5.74, 6) is 0.754. The van der Waals surface area contributed by atoms with Gasteiger partial charge in [0.05, 0.1) is 11.7 Å².